The molecule has 3 aromatic carbocycles. The van der Waals surface area contributed by atoms with E-state index in [0.29, 0.717) is 13.0 Å². The van der Waals surface area contributed by atoms with Crippen molar-refractivity contribution in [2.45, 2.75) is 45.4 Å². The number of aliphatic carboxylic acids is 1. The molecule has 0 fully saturated rings. The Bertz CT molecular complexity index is 1100. The summed E-state index contributed by atoms with van der Waals surface area (Å²) < 4.78 is 7.24. The molecule has 0 bridgehead atoms. The van der Waals surface area contributed by atoms with Crippen LogP contribution in [0.4, 0.5) is 5.69 Å². The van der Waals surface area contributed by atoms with Crippen LogP contribution in [0.5, 0.6) is 0 Å². The fourth-order valence-electron chi connectivity index (χ4n) is 3.88. The fraction of sp³-hybridized carbons (Fsp3) is 0.321. The molecule has 0 saturated carbocycles. The first-order chi connectivity index (χ1) is 16.4. The Morgan fingerprint density at radius 3 is 2.56 bits per heavy atom. The number of rotatable bonds is 12. The molecule has 3 rings (SSSR count). The van der Waals surface area contributed by atoms with Crippen molar-refractivity contribution in [1.29, 1.82) is 0 Å². The van der Waals surface area contributed by atoms with Crippen LogP contribution in [0.25, 0.3) is 11.1 Å². The molecular weight excluding hydrogens is 510 g/mol. The number of hydrogen-bond donors (Lipinski definition) is 2. The van der Waals surface area contributed by atoms with Crippen LogP contribution in [0.15, 0.2) is 71.2 Å². The molecule has 34 heavy (non-hydrogen) atoms. The van der Waals surface area contributed by atoms with Gasteiger partial charge in [0.05, 0.1) is 12.7 Å². The van der Waals surface area contributed by atoms with E-state index in [0.717, 1.165) is 44.6 Å². The van der Waals surface area contributed by atoms with Gasteiger partial charge in [-0.05, 0) is 85.2 Å². The van der Waals surface area contributed by atoms with Crippen molar-refractivity contribution in [3.8, 4) is 11.1 Å². The standard InChI is InChI=1S/C28H32BrNO3S/c1-19-7-4-5-10-24(19)25-17-22(11-12-26(25)30-27(28(31)32)13-14-34-3)18-33-20(2)15-21-8-6-9-23(29)16-21/h4-12,16-17,20,27,30H,13-15,18H2,1-3H3,(H,31,32). The second-order valence-corrected chi connectivity index (χ2v) is 10.4. The molecule has 0 amide bonds. The van der Waals surface area contributed by atoms with E-state index in [2.05, 4.69) is 65.4 Å². The van der Waals surface area contributed by atoms with E-state index in [4.69, 9.17) is 4.74 Å². The molecule has 0 aliphatic rings. The van der Waals surface area contributed by atoms with Gasteiger partial charge in [0.25, 0.3) is 0 Å². The summed E-state index contributed by atoms with van der Waals surface area (Å²) in [5.41, 5.74) is 6.33. The van der Waals surface area contributed by atoms with Crippen LogP contribution >= 0.6 is 27.7 Å². The lowest BCUT2D eigenvalue weighted by atomic mass is 9.96. The molecule has 0 aliphatic heterocycles. The minimum absolute atomic E-state index is 0.0666. The monoisotopic (exact) mass is 541 g/mol. The van der Waals surface area contributed by atoms with E-state index in [-0.39, 0.29) is 6.10 Å². The molecule has 0 aromatic heterocycles. The Morgan fingerprint density at radius 2 is 1.85 bits per heavy atom. The quantitative estimate of drug-likeness (QED) is 0.254. The van der Waals surface area contributed by atoms with Crippen molar-refractivity contribution in [2.24, 2.45) is 0 Å². The fourth-order valence-corrected chi connectivity index (χ4v) is 4.80. The number of aryl methyl sites for hydroxylation is 1. The third kappa shape index (κ3) is 7.62. The van der Waals surface area contributed by atoms with Crippen molar-refractivity contribution >= 4 is 39.3 Å². The molecule has 0 heterocycles. The van der Waals surface area contributed by atoms with Crippen LogP contribution in [-0.4, -0.2) is 35.2 Å². The smallest absolute Gasteiger partial charge is 0.326 e. The molecule has 4 nitrogen and oxygen atoms in total. The number of hydrogen-bond acceptors (Lipinski definition) is 4. The summed E-state index contributed by atoms with van der Waals surface area (Å²) in [7, 11) is 0. The molecule has 0 radical (unpaired) electrons. The predicted octanol–water partition coefficient (Wildman–Crippen LogP) is 7.19. The van der Waals surface area contributed by atoms with Crippen molar-refractivity contribution in [3.05, 3.63) is 87.9 Å². The van der Waals surface area contributed by atoms with Gasteiger partial charge >= 0.3 is 5.97 Å². The zero-order valence-electron chi connectivity index (χ0n) is 19.9. The maximum Gasteiger partial charge on any atom is 0.326 e. The Labute approximate surface area is 215 Å². The van der Waals surface area contributed by atoms with Gasteiger partial charge in [0.2, 0.25) is 0 Å². The molecule has 180 valence electrons. The zero-order valence-corrected chi connectivity index (χ0v) is 22.3. The van der Waals surface area contributed by atoms with Gasteiger partial charge in [-0.3, -0.25) is 0 Å². The second kappa shape index (κ2) is 13.0. The van der Waals surface area contributed by atoms with E-state index < -0.39 is 12.0 Å². The topological polar surface area (TPSA) is 58.6 Å². The highest BCUT2D eigenvalue weighted by Gasteiger charge is 2.19. The number of nitrogens with one attached hydrogen (secondary N) is 1. The van der Waals surface area contributed by atoms with Crippen molar-refractivity contribution in [1.82, 2.24) is 0 Å². The summed E-state index contributed by atoms with van der Waals surface area (Å²) >= 11 is 5.18. The van der Waals surface area contributed by atoms with Crippen molar-refractivity contribution in [2.75, 3.05) is 17.3 Å². The van der Waals surface area contributed by atoms with Crippen LogP contribution in [0.3, 0.4) is 0 Å². The largest absolute Gasteiger partial charge is 0.480 e. The molecule has 0 spiro atoms. The van der Waals surface area contributed by atoms with Crippen molar-refractivity contribution in [3.63, 3.8) is 0 Å². The van der Waals surface area contributed by atoms with Gasteiger partial charge in [0, 0.05) is 15.7 Å². The highest BCUT2D eigenvalue weighted by atomic mass is 79.9. The molecule has 0 saturated heterocycles. The van der Waals surface area contributed by atoms with Gasteiger partial charge in [-0.2, -0.15) is 11.8 Å². The minimum Gasteiger partial charge on any atom is -0.480 e. The van der Waals surface area contributed by atoms with Gasteiger partial charge < -0.3 is 15.2 Å². The van der Waals surface area contributed by atoms with E-state index in [1.54, 1.807) is 11.8 Å². The van der Waals surface area contributed by atoms with E-state index in [1.165, 1.54) is 5.56 Å². The lowest BCUT2D eigenvalue weighted by molar-refractivity contribution is -0.137. The summed E-state index contributed by atoms with van der Waals surface area (Å²) in [5.74, 6) is -0.0515. The van der Waals surface area contributed by atoms with Crippen LogP contribution in [0.2, 0.25) is 0 Å². The average molecular weight is 543 g/mol. The van der Waals surface area contributed by atoms with Gasteiger partial charge in [-0.1, -0.05) is 58.4 Å². The van der Waals surface area contributed by atoms with Crippen LogP contribution in [0, 0.1) is 6.92 Å². The number of carboxylic acid groups (broad SMARTS) is 1. The maximum absolute atomic E-state index is 11.8. The predicted molar refractivity (Wildman–Crippen MR) is 147 cm³/mol. The van der Waals surface area contributed by atoms with E-state index in [1.807, 2.05) is 42.7 Å². The van der Waals surface area contributed by atoms with Crippen LogP contribution in [0.1, 0.15) is 30.0 Å². The number of anilines is 1. The number of carbonyl (C=O) groups is 1. The summed E-state index contributed by atoms with van der Waals surface area (Å²) in [5, 5.41) is 13.0. The molecule has 2 atom stereocenters. The number of benzene rings is 3. The highest BCUT2D eigenvalue weighted by Crippen LogP contribution is 2.33. The summed E-state index contributed by atoms with van der Waals surface area (Å²) in [6, 6.07) is 21.9. The second-order valence-electron chi connectivity index (χ2n) is 8.47. The van der Waals surface area contributed by atoms with Gasteiger partial charge in [-0.25, -0.2) is 4.79 Å². The summed E-state index contributed by atoms with van der Waals surface area (Å²) in [6.45, 7) is 4.65. The Kier molecular flexibility index (Phi) is 10.1. The normalized spacial score (nSPS) is 12.8. The van der Waals surface area contributed by atoms with Crippen LogP contribution < -0.4 is 5.32 Å². The summed E-state index contributed by atoms with van der Waals surface area (Å²) in [6.07, 6.45) is 3.45. The Balaban J connectivity index is 1.80. The minimum atomic E-state index is -0.835. The molecule has 3 aromatic rings. The number of ether oxygens (including phenoxy) is 1. The first-order valence-corrected chi connectivity index (χ1v) is 13.6. The molecular formula is C28H32BrNO3S. The average Bonchev–Trinajstić information content (AvgIpc) is 2.81. The van der Waals surface area contributed by atoms with Gasteiger partial charge in [0.1, 0.15) is 6.04 Å². The van der Waals surface area contributed by atoms with E-state index in [9.17, 15) is 9.90 Å². The summed E-state index contributed by atoms with van der Waals surface area (Å²) in [4.78, 5) is 11.8. The third-order valence-corrected chi connectivity index (χ3v) is 6.84. The Morgan fingerprint density at radius 1 is 1.06 bits per heavy atom. The first kappa shape index (κ1) is 26.3. The highest BCUT2D eigenvalue weighted by molar-refractivity contribution is 9.10. The maximum atomic E-state index is 11.8. The molecule has 2 unspecified atom stereocenters. The lowest BCUT2D eigenvalue weighted by Gasteiger charge is -2.20. The van der Waals surface area contributed by atoms with Gasteiger partial charge in [0.15, 0.2) is 0 Å². The van der Waals surface area contributed by atoms with Crippen molar-refractivity contribution < 1.29 is 14.6 Å². The zero-order chi connectivity index (χ0) is 24.5. The molecule has 6 heteroatoms. The SMILES string of the molecule is CSCCC(Nc1ccc(COC(C)Cc2cccc(Br)c2)cc1-c1ccccc1C)C(=O)O. The van der Waals surface area contributed by atoms with Gasteiger partial charge in [-0.15, -0.1) is 0 Å². The third-order valence-electron chi connectivity index (χ3n) is 5.70. The van der Waals surface area contributed by atoms with Crippen LogP contribution in [-0.2, 0) is 22.6 Å². The van der Waals surface area contributed by atoms with E-state index >= 15 is 0 Å². The molecule has 2 N–H and O–H groups in total. The molecule has 0 aliphatic carbocycles. The lowest BCUT2D eigenvalue weighted by Crippen LogP contribution is -2.30. The number of thioether (sulfide) groups is 1. The number of halogens is 1. The first-order valence-electron chi connectivity index (χ1n) is 11.4. The Hall–Kier alpha value is -2.28. The number of carboxylic acids is 1.